The van der Waals surface area contributed by atoms with Crippen molar-refractivity contribution >= 4 is 43.5 Å². The molecule has 3 N–H and O–H groups in total. The summed E-state index contributed by atoms with van der Waals surface area (Å²) < 4.78 is 0. The maximum Gasteiger partial charge on any atom is 0.255 e. The number of nitrogens with one attached hydrogen (secondary N) is 3. The van der Waals surface area contributed by atoms with Crippen molar-refractivity contribution < 1.29 is 14.4 Å². The summed E-state index contributed by atoms with van der Waals surface area (Å²) in [7, 11) is 4.19. The second-order valence-corrected chi connectivity index (χ2v) is 6.86. The molecular weight excluding hydrogens is 375 g/mol. The maximum absolute atomic E-state index is 12.9. The van der Waals surface area contributed by atoms with Gasteiger partial charge in [-0.05, 0) is 44.5 Å². The molecule has 1 fully saturated rings. The fourth-order valence-electron chi connectivity index (χ4n) is 3.78. The van der Waals surface area contributed by atoms with Gasteiger partial charge in [0.25, 0.3) is 5.91 Å². The van der Waals surface area contributed by atoms with E-state index in [4.69, 9.17) is 0 Å². The van der Waals surface area contributed by atoms with Crippen molar-refractivity contribution in [1.82, 2.24) is 15.5 Å². The summed E-state index contributed by atoms with van der Waals surface area (Å²) in [6.07, 6.45) is 3.74. The fourth-order valence-corrected chi connectivity index (χ4v) is 3.78. The van der Waals surface area contributed by atoms with Gasteiger partial charge >= 0.3 is 0 Å². The molecule has 2 radical (unpaired) electrons. The van der Waals surface area contributed by atoms with Crippen LogP contribution in [0, 0.1) is 0 Å². The molecule has 0 aromatic heterocycles. The van der Waals surface area contributed by atoms with E-state index in [0.717, 1.165) is 43.6 Å². The predicted octanol–water partition coefficient (Wildman–Crippen LogP) is 1.25. The molecular formula is C19H27BN4O3S. The van der Waals surface area contributed by atoms with Crippen LogP contribution in [0.4, 0.5) is 5.69 Å². The Kier molecular flexibility index (Phi) is 8.85. The van der Waals surface area contributed by atoms with E-state index in [1.807, 2.05) is 25.1 Å². The van der Waals surface area contributed by atoms with Gasteiger partial charge in [-0.25, -0.2) is 12.5 Å². The van der Waals surface area contributed by atoms with Gasteiger partial charge in [0.2, 0.25) is 12.3 Å². The number of fused-ring (bicyclic) bond motifs is 1. The van der Waals surface area contributed by atoms with Crippen LogP contribution >= 0.6 is 12.5 Å². The summed E-state index contributed by atoms with van der Waals surface area (Å²) in [4.78, 5) is 37.4. The van der Waals surface area contributed by atoms with E-state index in [-0.39, 0.29) is 5.91 Å². The zero-order chi connectivity index (χ0) is 20.5. The quantitative estimate of drug-likeness (QED) is 0.313. The average Bonchev–Trinajstić information content (AvgIpc) is 3.06. The second-order valence-electron chi connectivity index (χ2n) is 6.86. The highest BCUT2D eigenvalue weighted by molar-refractivity contribution is 8.03. The number of carbonyl (C=O) groups excluding carboxylic acids is 3. The molecule has 2 heterocycles. The van der Waals surface area contributed by atoms with Crippen LogP contribution in [0.25, 0.3) is 0 Å². The molecule has 2 aliphatic heterocycles. The molecule has 0 saturated carbocycles. The van der Waals surface area contributed by atoms with E-state index in [1.54, 1.807) is 4.90 Å². The third-order valence-corrected chi connectivity index (χ3v) is 5.14. The van der Waals surface area contributed by atoms with Crippen molar-refractivity contribution in [3.63, 3.8) is 0 Å². The average molecular weight is 402 g/mol. The van der Waals surface area contributed by atoms with Crippen LogP contribution in [0.1, 0.15) is 48.5 Å². The first-order valence-corrected chi connectivity index (χ1v) is 10.1. The molecule has 1 unspecified atom stereocenters. The molecule has 2 aliphatic rings. The van der Waals surface area contributed by atoms with E-state index >= 15 is 0 Å². The molecule has 1 saturated heterocycles. The minimum atomic E-state index is -0.628. The Balaban J connectivity index is 0.00000136. The van der Waals surface area contributed by atoms with E-state index < -0.39 is 11.9 Å². The number of imide groups is 1. The zero-order valence-corrected chi connectivity index (χ0v) is 17.0. The number of nitrogens with zero attached hydrogens (tertiary/aromatic N) is 1. The van der Waals surface area contributed by atoms with Crippen molar-refractivity contribution in [2.45, 2.75) is 51.2 Å². The Morgan fingerprint density at radius 3 is 2.75 bits per heavy atom. The number of amides is 3. The Hall–Kier alpha value is -2.00. The molecule has 0 spiro atoms. The largest absolute Gasteiger partial charge is 0.382 e. The topological polar surface area (TPSA) is 90.5 Å². The summed E-state index contributed by atoms with van der Waals surface area (Å²) in [6.45, 7) is 4.32. The minimum Gasteiger partial charge on any atom is -0.382 e. The summed E-state index contributed by atoms with van der Waals surface area (Å²) >= 11 is 3.03. The molecule has 1 aromatic rings. The number of thiol groups is 1. The normalized spacial score (nSPS) is 17.2. The molecule has 9 heteroatoms. The molecule has 150 valence electrons. The van der Waals surface area contributed by atoms with Crippen LogP contribution in [0.15, 0.2) is 18.2 Å². The molecule has 3 rings (SSSR count). The van der Waals surface area contributed by atoms with Gasteiger partial charge in [0.15, 0.2) is 7.12 Å². The lowest BCUT2D eigenvalue weighted by Gasteiger charge is -2.27. The van der Waals surface area contributed by atoms with E-state index in [0.29, 0.717) is 31.0 Å². The zero-order valence-electron chi connectivity index (χ0n) is 16.1. The lowest BCUT2D eigenvalue weighted by atomic mass is 10.0. The SMILES string of the molecule is CCCC(C(=O)NC=O)N1Cc2c(NC3CCNCC3)cccc2C1=O.[B]S. The van der Waals surface area contributed by atoms with Crippen molar-refractivity contribution in [3.8, 4) is 0 Å². The van der Waals surface area contributed by atoms with E-state index in [9.17, 15) is 14.4 Å². The summed E-state index contributed by atoms with van der Waals surface area (Å²) in [5.74, 6) is -0.565. The molecule has 0 bridgehead atoms. The highest BCUT2D eigenvalue weighted by Crippen LogP contribution is 2.32. The van der Waals surface area contributed by atoms with Crippen LogP contribution in [0.2, 0.25) is 0 Å². The fraction of sp³-hybridized carbons (Fsp3) is 0.526. The van der Waals surface area contributed by atoms with Gasteiger partial charge in [-0.2, -0.15) is 0 Å². The molecule has 28 heavy (non-hydrogen) atoms. The minimum absolute atomic E-state index is 0.145. The van der Waals surface area contributed by atoms with Crippen LogP contribution in [0.5, 0.6) is 0 Å². The summed E-state index contributed by atoms with van der Waals surface area (Å²) in [5.41, 5.74) is 2.55. The van der Waals surface area contributed by atoms with Gasteiger partial charge in [-0.15, -0.1) is 0 Å². The first-order valence-electron chi connectivity index (χ1n) is 9.55. The van der Waals surface area contributed by atoms with Crippen molar-refractivity contribution in [1.29, 1.82) is 0 Å². The van der Waals surface area contributed by atoms with Crippen molar-refractivity contribution in [2.75, 3.05) is 18.4 Å². The van der Waals surface area contributed by atoms with Crippen molar-refractivity contribution in [3.05, 3.63) is 29.3 Å². The monoisotopic (exact) mass is 402 g/mol. The Bertz CT molecular complexity index is 698. The lowest BCUT2D eigenvalue weighted by molar-refractivity contribution is -0.129. The van der Waals surface area contributed by atoms with Gasteiger partial charge in [-0.3, -0.25) is 19.7 Å². The van der Waals surface area contributed by atoms with Gasteiger partial charge in [0.05, 0.1) is 0 Å². The Morgan fingerprint density at radius 2 is 2.11 bits per heavy atom. The van der Waals surface area contributed by atoms with Gasteiger partial charge in [0.1, 0.15) is 6.04 Å². The van der Waals surface area contributed by atoms with E-state index in [1.165, 1.54) is 0 Å². The molecule has 0 aliphatic carbocycles. The first-order chi connectivity index (χ1) is 13.7. The van der Waals surface area contributed by atoms with Crippen LogP contribution in [-0.2, 0) is 16.1 Å². The van der Waals surface area contributed by atoms with Crippen molar-refractivity contribution in [2.24, 2.45) is 0 Å². The standard InChI is InChI=1S/C19H26N4O3.BHS/c1-2-4-17(18(25)21-12-24)23-11-15-14(19(23)26)5-3-6-16(15)22-13-7-9-20-10-8-13;1-2/h3,5-6,12-13,17,20,22H,2,4,7-11H2,1H3,(H,21,24,25);2H. The maximum atomic E-state index is 12.9. The molecule has 3 amide bonds. The van der Waals surface area contributed by atoms with Gasteiger partial charge in [0, 0.05) is 29.4 Å². The highest BCUT2D eigenvalue weighted by atomic mass is 32.1. The second kappa shape index (κ2) is 11.1. The number of anilines is 1. The number of hydrogen-bond acceptors (Lipinski definition) is 6. The molecule has 1 aromatic carbocycles. The third-order valence-electron chi connectivity index (χ3n) is 5.14. The van der Waals surface area contributed by atoms with Gasteiger partial charge in [-0.1, -0.05) is 19.4 Å². The number of piperidine rings is 1. The molecule has 7 nitrogen and oxygen atoms in total. The summed E-state index contributed by atoms with van der Waals surface area (Å²) in [5, 5.41) is 9.12. The predicted molar refractivity (Wildman–Crippen MR) is 113 cm³/mol. The number of rotatable bonds is 7. The third kappa shape index (κ3) is 5.08. The number of hydrogen-bond donors (Lipinski definition) is 4. The van der Waals surface area contributed by atoms with Crippen LogP contribution in [0.3, 0.4) is 0 Å². The highest BCUT2D eigenvalue weighted by Gasteiger charge is 2.37. The lowest BCUT2D eigenvalue weighted by Crippen LogP contribution is -2.46. The molecule has 1 atom stereocenters. The van der Waals surface area contributed by atoms with Crippen LogP contribution < -0.4 is 16.0 Å². The van der Waals surface area contributed by atoms with E-state index in [2.05, 4.69) is 35.6 Å². The number of benzene rings is 1. The Labute approximate surface area is 172 Å². The first kappa shape index (κ1) is 22.3. The number of carbonyl (C=O) groups is 3. The van der Waals surface area contributed by atoms with Gasteiger partial charge < -0.3 is 15.5 Å². The Morgan fingerprint density at radius 1 is 1.39 bits per heavy atom. The smallest absolute Gasteiger partial charge is 0.255 e. The summed E-state index contributed by atoms with van der Waals surface area (Å²) in [6, 6.07) is 5.45. The van der Waals surface area contributed by atoms with Crippen LogP contribution in [-0.4, -0.2) is 55.4 Å².